The molecule has 4 nitrogen and oxygen atoms in total. The van der Waals surface area contributed by atoms with E-state index in [0.717, 1.165) is 18.0 Å². The molecular formula is C15H24N2O2S2. The topological polar surface area (TPSA) is 49.4 Å². The predicted molar refractivity (Wildman–Crippen MR) is 85.9 cm³/mol. The zero-order valence-electron chi connectivity index (χ0n) is 12.7. The van der Waals surface area contributed by atoms with E-state index < -0.39 is 10.0 Å². The Balaban J connectivity index is 1.78. The second-order valence-corrected chi connectivity index (χ2v) is 9.42. The molecule has 1 saturated carbocycles. The Morgan fingerprint density at radius 1 is 1.33 bits per heavy atom. The molecule has 3 rings (SSSR count). The summed E-state index contributed by atoms with van der Waals surface area (Å²) >= 11 is 1.53. The molecule has 0 bridgehead atoms. The van der Waals surface area contributed by atoms with E-state index in [1.54, 1.807) is 10.4 Å². The first kappa shape index (κ1) is 15.5. The Hall–Kier alpha value is -0.430. The van der Waals surface area contributed by atoms with Crippen molar-refractivity contribution < 1.29 is 8.42 Å². The molecule has 2 unspecified atom stereocenters. The molecule has 1 aromatic heterocycles. The quantitative estimate of drug-likeness (QED) is 0.904. The highest BCUT2D eigenvalue weighted by Crippen LogP contribution is 2.40. The number of sulfonamides is 1. The number of rotatable bonds is 5. The highest BCUT2D eigenvalue weighted by atomic mass is 32.2. The van der Waals surface area contributed by atoms with Crippen molar-refractivity contribution in [2.75, 3.05) is 13.1 Å². The molecular weight excluding hydrogens is 304 g/mol. The van der Waals surface area contributed by atoms with Crippen LogP contribution in [-0.2, 0) is 16.6 Å². The first-order valence-corrected chi connectivity index (χ1v) is 10.1. The molecule has 2 fully saturated rings. The lowest BCUT2D eigenvalue weighted by Gasteiger charge is -2.18. The van der Waals surface area contributed by atoms with Gasteiger partial charge in [-0.1, -0.05) is 20.3 Å². The van der Waals surface area contributed by atoms with E-state index in [4.69, 9.17) is 0 Å². The van der Waals surface area contributed by atoms with Crippen LogP contribution in [0, 0.1) is 11.8 Å². The summed E-state index contributed by atoms with van der Waals surface area (Å²) in [5, 5.41) is 5.21. The molecule has 0 aromatic carbocycles. The van der Waals surface area contributed by atoms with Gasteiger partial charge in [0.25, 0.3) is 0 Å². The molecule has 0 spiro atoms. The van der Waals surface area contributed by atoms with E-state index in [2.05, 4.69) is 19.2 Å². The molecule has 1 aromatic rings. The van der Waals surface area contributed by atoms with Crippen LogP contribution >= 0.6 is 11.3 Å². The van der Waals surface area contributed by atoms with Crippen molar-refractivity contribution in [3.05, 3.63) is 16.3 Å². The van der Waals surface area contributed by atoms with Crippen LogP contribution in [0.25, 0.3) is 0 Å². The summed E-state index contributed by atoms with van der Waals surface area (Å²) < 4.78 is 27.5. The van der Waals surface area contributed by atoms with Crippen LogP contribution in [0.4, 0.5) is 0 Å². The summed E-state index contributed by atoms with van der Waals surface area (Å²) in [6.45, 7) is 6.22. The monoisotopic (exact) mass is 328 g/mol. The van der Waals surface area contributed by atoms with Crippen LogP contribution in [0.1, 0.15) is 38.0 Å². The van der Waals surface area contributed by atoms with Gasteiger partial charge in [-0.05, 0) is 36.1 Å². The second kappa shape index (κ2) is 5.99. The first-order chi connectivity index (χ1) is 9.98. The SMILES string of the molecule is CC(C)NCc1sccc1S(=O)(=O)N1CC2CCCC2C1. The van der Waals surface area contributed by atoms with E-state index in [1.165, 1.54) is 30.6 Å². The Bertz CT molecular complexity index is 583. The zero-order chi connectivity index (χ0) is 15.0. The molecule has 0 amide bonds. The second-order valence-electron chi connectivity index (χ2n) is 6.52. The number of nitrogens with one attached hydrogen (secondary N) is 1. The van der Waals surface area contributed by atoms with E-state index >= 15 is 0 Å². The normalized spacial score (nSPS) is 26.6. The van der Waals surface area contributed by atoms with Crippen molar-refractivity contribution in [1.82, 2.24) is 9.62 Å². The third-order valence-corrected chi connectivity index (χ3v) is 7.65. The van der Waals surface area contributed by atoms with Crippen LogP contribution in [0.3, 0.4) is 0 Å². The smallest absolute Gasteiger partial charge is 0.244 e. The van der Waals surface area contributed by atoms with Gasteiger partial charge >= 0.3 is 0 Å². The Morgan fingerprint density at radius 3 is 2.62 bits per heavy atom. The van der Waals surface area contributed by atoms with E-state index in [-0.39, 0.29) is 0 Å². The van der Waals surface area contributed by atoms with Crippen LogP contribution in [-0.4, -0.2) is 31.9 Å². The molecule has 1 aliphatic heterocycles. The van der Waals surface area contributed by atoms with Crippen molar-refractivity contribution in [2.45, 2.75) is 50.6 Å². The number of hydrogen-bond acceptors (Lipinski definition) is 4. The Morgan fingerprint density at radius 2 is 2.00 bits per heavy atom. The van der Waals surface area contributed by atoms with Gasteiger partial charge in [-0.3, -0.25) is 0 Å². The van der Waals surface area contributed by atoms with Crippen LogP contribution in [0.5, 0.6) is 0 Å². The molecule has 118 valence electrons. The Kier molecular flexibility index (Phi) is 4.41. The maximum atomic E-state index is 12.9. The standard InChI is InChI=1S/C15H24N2O2S2/c1-11(2)16-8-14-15(6-7-20-14)21(18,19)17-9-12-4-3-5-13(12)10-17/h6-7,11-13,16H,3-5,8-10H2,1-2H3. The highest BCUT2D eigenvalue weighted by molar-refractivity contribution is 7.89. The van der Waals surface area contributed by atoms with Gasteiger partial charge in [0.2, 0.25) is 10.0 Å². The minimum atomic E-state index is -3.31. The summed E-state index contributed by atoms with van der Waals surface area (Å²) in [6.07, 6.45) is 3.66. The van der Waals surface area contributed by atoms with Gasteiger partial charge in [0.15, 0.2) is 0 Å². The third kappa shape index (κ3) is 3.04. The van der Waals surface area contributed by atoms with Gasteiger partial charge in [-0.25, -0.2) is 8.42 Å². The van der Waals surface area contributed by atoms with Crippen LogP contribution < -0.4 is 5.32 Å². The molecule has 2 atom stereocenters. The number of fused-ring (bicyclic) bond motifs is 1. The van der Waals surface area contributed by atoms with E-state index in [0.29, 0.717) is 29.3 Å². The molecule has 2 aliphatic rings. The van der Waals surface area contributed by atoms with Gasteiger partial charge in [-0.2, -0.15) is 4.31 Å². The number of nitrogens with zero attached hydrogens (tertiary/aromatic N) is 1. The fourth-order valence-electron chi connectivity index (χ4n) is 3.51. The Labute approximate surface area is 131 Å². The number of thiophene rings is 1. The molecule has 1 saturated heterocycles. The van der Waals surface area contributed by atoms with Crippen LogP contribution in [0.15, 0.2) is 16.3 Å². The summed E-state index contributed by atoms with van der Waals surface area (Å²) in [7, 11) is -3.31. The summed E-state index contributed by atoms with van der Waals surface area (Å²) in [5.74, 6) is 1.19. The maximum Gasteiger partial charge on any atom is 0.244 e. The third-order valence-electron chi connectivity index (χ3n) is 4.69. The predicted octanol–water partition coefficient (Wildman–Crippen LogP) is 2.67. The average molecular weight is 329 g/mol. The van der Waals surface area contributed by atoms with Gasteiger partial charge < -0.3 is 5.32 Å². The van der Waals surface area contributed by atoms with Crippen LogP contribution in [0.2, 0.25) is 0 Å². The largest absolute Gasteiger partial charge is 0.310 e. The van der Waals surface area contributed by atoms with E-state index in [9.17, 15) is 8.42 Å². The highest BCUT2D eigenvalue weighted by Gasteiger charge is 2.42. The first-order valence-electron chi connectivity index (χ1n) is 7.78. The van der Waals surface area contributed by atoms with Gasteiger partial charge in [-0.15, -0.1) is 11.3 Å². The fraction of sp³-hybridized carbons (Fsp3) is 0.733. The summed E-state index contributed by atoms with van der Waals surface area (Å²) in [6, 6.07) is 2.12. The van der Waals surface area contributed by atoms with Gasteiger partial charge in [0.05, 0.1) is 4.90 Å². The number of hydrogen-bond donors (Lipinski definition) is 1. The minimum Gasteiger partial charge on any atom is -0.310 e. The van der Waals surface area contributed by atoms with Crippen molar-refractivity contribution in [3.63, 3.8) is 0 Å². The van der Waals surface area contributed by atoms with Crippen molar-refractivity contribution >= 4 is 21.4 Å². The molecule has 0 radical (unpaired) electrons. The fourth-order valence-corrected chi connectivity index (χ4v) is 6.43. The van der Waals surface area contributed by atoms with Crippen molar-refractivity contribution in [3.8, 4) is 0 Å². The minimum absolute atomic E-state index is 0.355. The summed E-state index contributed by atoms with van der Waals surface area (Å²) in [4.78, 5) is 1.45. The molecule has 1 aliphatic carbocycles. The lowest BCUT2D eigenvalue weighted by atomic mass is 10.0. The maximum absolute atomic E-state index is 12.9. The van der Waals surface area contributed by atoms with Gasteiger partial charge in [0, 0.05) is 30.6 Å². The zero-order valence-corrected chi connectivity index (χ0v) is 14.3. The van der Waals surface area contributed by atoms with E-state index in [1.807, 2.05) is 5.38 Å². The lowest BCUT2D eigenvalue weighted by molar-refractivity contribution is 0.444. The lowest BCUT2D eigenvalue weighted by Crippen LogP contribution is -2.30. The average Bonchev–Trinajstić information content (AvgIpc) is 3.11. The van der Waals surface area contributed by atoms with Crippen molar-refractivity contribution in [1.29, 1.82) is 0 Å². The van der Waals surface area contributed by atoms with Gasteiger partial charge in [0.1, 0.15) is 0 Å². The molecule has 1 N–H and O–H groups in total. The molecule has 6 heteroatoms. The van der Waals surface area contributed by atoms with Crippen molar-refractivity contribution in [2.24, 2.45) is 11.8 Å². The molecule has 2 heterocycles. The summed E-state index contributed by atoms with van der Waals surface area (Å²) in [5.41, 5.74) is 0. The molecule has 21 heavy (non-hydrogen) atoms.